The van der Waals surface area contributed by atoms with Crippen molar-refractivity contribution in [3.8, 4) is 0 Å². The van der Waals surface area contributed by atoms with E-state index in [9.17, 15) is 4.79 Å². The fourth-order valence-electron chi connectivity index (χ4n) is 3.14. The average Bonchev–Trinajstić information content (AvgIpc) is 2.75. The van der Waals surface area contributed by atoms with E-state index in [1.54, 1.807) is 0 Å². The van der Waals surface area contributed by atoms with Crippen LogP contribution in [0, 0.1) is 5.41 Å². The minimum Gasteiger partial charge on any atom is -0.468 e. The number of nitrogens with one attached hydrogen (secondary N) is 1. The molecule has 2 aromatic rings. The molecule has 1 N–H and O–H groups in total. The predicted octanol–water partition coefficient (Wildman–Crippen LogP) is 3.01. The zero-order chi connectivity index (χ0) is 13.0. The Morgan fingerprint density at radius 3 is 2.61 bits per heavy atom. The largest absolute Gasteiger partial charge is 0.468 e. The third-order valence-corrected chi connectivity index (χ3v) is 4.32. The van der Waals surface area contributed by atoms with Gasteiger partial charge in [-0.25, -0.2) is 0 Å². The third kappa shape index (κ3) is 1.22. The van der Waals surface area contributed by atoms with Crippen LogP contribution in [0.3, 0.4) is 0 Å². The quantitative estimate of drug-likeness (QED) is 0.824. The summed E-state index contributed by atoms with van der Waals surface area (Å²) in [4.78, 5) is 15.5. The minimum absolute atomic E-state index is 0.0366. The number of esters is 1. The number of benzene rings is 1. The normalized spacial score (nSPS) is 25.1. The zero-order valence-corrected chi connectivity index (χ0v) is 10.9. The molecule has 1 heterocycles. The number of methoxy groups -OCH3 is 1. The number of rotatable bonds is 2. The van der Waals surface area contributed by atoms with Crippen molar-refractivity contribution in [2.45, 2.75) is 25.7 Å². The molecule has 1 saturated carbocycles. The molecule has 1 aliphatic carbocycles. The Kier molecular flexibility index (Phi) is 2.12. The maximum absolute atomic E-state index is 12.2. The summed E-state index contributed by atoms with van der Waals surface area (Å²) in [5, 5.41) is 1.12. The molecule has 3 rings (SSSR count). The molecule has 1 atom stereocenters. The van der Waals surface area contributed by atoms with Gasteiger partial charge in [-0.1, -0.05) is 32.0 Å². The lowest BCUT2D eigenvalue weighted by Gasteiger charge is -2.17. The van der Waals surface area contributed by atoms with Crippen molar-refractivity contribution < 1.29 is 9.53 Å². The molecule has 0 saturated heterocycles. The molecule has 1 aliphatic rings. The van der Waals surface area contributed by atoms with E-state index in [2.05, 4.69) is 24.9 Å². The van der Waals surface area contributed by atoms with Crippen molar-refractivity contribution in [3.63, 3.8) is 0 Å². The lowest BCUT2D eigenvalue weighted by molar-refractivity contribution is -0.144. The summed E-state index contributed by atoms with van der Waals surface area (Å²) in [6, 6.07) is 8.07. The molecule has 1 aromatic carbocycles. The number of carbonyl (C=O) groups is 1. The van der Waals surface area contributed by atoms with Crippen molar-refractivity contribution in [2.75, 3.05) is 7.11 Å². The SMILES string of the molecule is COC(=O)C1(c2c[nH]c3ccccc23)CC1(C)C. The van der Waals surface area contributed by atoms with Crippen LogP contribution in [0.5, 0.6) is 0 Å². The lowest BCUT2D eigenvalue weighted by atomic mass is 9.87. The number of fused-ring (bicyclic) bond motifs is 1. The predicted molar refractivity (Wildman–Crippen MR) is 70.4 cm³/mol. The first-order valence-corrected chi connectivity index (χ1v) is 6.18. The molecule has 0 spiro atoms. The standard InChI is InChI=1S/C15H17NO2/c1-14(2)9-15(14,13(17)18-3)11-8-16-12-7-5-4-6-10(11)12/h4-8,16H,9H2,1-3H3. The number of aromatic amines is 1. The van der Waals surface area contributed by atoms with E-state index in [-0.39, 0.29) is 11.4 Å². The summed E-state index contributed by atoms with van der Waals surface area (Å²) in [5.74, 6) is -0.128. The molecule has 18 heavy (non-hydrogen) atoms. The number of hydrogen-bond donors (Lipinski definition) is 1. The zero-order valence-electron chi connectivity index (χ0n) is 10.9. The topological polar surface area (TPSA) is 42.1 Å². The Morgan fingerprint density at radius 2 is 2.00 bits per heavy atom. The van der Waals surface area contributed by atoms with Gasteiger partial charge in [0.1, 0.15) is 5.41 Å². The number of carbonyl (C=O) groups excluding carboxylic acids is 1. The smallest absolute Gasteiger partial charge is 0.316 e. The molecule has 0 radical (unpaired) electrons. The highest BCUT2D eigenvalue weighted by molar-refractivity contribution is 5.96. The first-order chi connectivity index (χ1) is 8.53. The van der Waals surface area contributed by atoms with Crippen LogP contribution in [0.4, 0.5) is 0 Å². The van der Waals surface area contributed by atoms with Gasteiger partial charge in [-0.2, -0.15) is 0 Å². The second-order valence-electron chi connectivity index (χ2n) is 5.71. The van der Waals surface area contributed by atoms with Crippen LogP contribution in [-0.4, -0.2) is 18.1 Å². The summed E-state index contributed by atoms with van der Waals surface area (Å²) < 4.78 is 5.03. The monoisotopic (exact) mass is 243 g/mol. The number of hydrogen-bond acceptors (Lipinski definition) is 2. The molecule has 94 valence electrons. The average molecular weight is 243 g/mol. The minimum atomic E-state index is -0.485. The van der Waals surface area contributed by atoms with Crippen molar-refractivity contribution >= 4 is 16.9 Å². The first-order valence-electron chi connectivity index (χ1n) is 6.18. The van der Waals surface area contributed by atoms with E-state index >= 15 is 0 Å². The van der Waals surface area contributed by atoms with Gasteiger partial charge in [0.05, 0.1) is 7.11 Å². The summed E-state index contributed by atoms with van der Waals surface area (Å²) in [6.45, 7) is 4.23. The molecule has 3 heteroatoms. The van der Waals surface area contributed by atoms with Gasteiger partial charge in [0.2, 0.25) is 0 Å². The van der Waals surface area contributed by atoms with Gasteiger partial charge >= 0.3 is 5.97 Å². The van der Waals surface area contributed by atoms with E-state index in [1.165, 1.54) is 7.11 Å². The Bertz CT molecular complexity index is 626. The van der Waals surface area contributed by atoms with Crippen LogP contribution < -0.4 is 0 Å². The van der Waals surface area contributed by atoms with E-state index in [0.29, 0.717) is 0 Å². The van der Waals surface area contributed by atoms with Crippen molar-refractivity contribution in [1.82, 2.24) is 4.98 Å². The maximum atomic E-state index is 12.2. The second kappa shape index (κ2) is 3.37. The second-order valence-corrected chi connectivity index (χ2v) is 5.71. The molecular weight excluding hydrogens is 226 g/mol. The fraction of sp³-hybridized carbons (Fsp3) is 0.400. The van der Waals surface area contributed by atoms with Gasteiger partial charge in [0, 0.05) is 17.1 Å². The van der Waals surface area contributed by atoms with Crippen molar-refractivity contribution in [3.05, 3.63) is 36.0 Å². The number of ether oxygens (including phenoxy) is 1. The summed E-state index contributed by atoms with van der Waals surface area (Å²) >= 11 is 0. The molecular formula is C15H17NO2. The number of H-pyrrole nitrogens is 1. The highest BCUT2D eigenvalue weighted by Crippen LogP contribution is 2.65. The molecule has 3 nitrogen and oxygen atoms in total. The fourth-order valence-corrected chi connectivity index (χ4v) is 3.14. The molecule has 1 aromatic heterocycles. The van der Waals surface area contributed by atoms with Gasteiger partial charge in [-0.15, -0.1) is 0 Å². The van der Waals surface area contributed by atoms with Crippen LogP contribution in [-0.2, 0) is 14.9 Å². The van der Waals surface area contributed by atoms with E-state index in [4.69, 9.17) is 4.74 Å². The summed E-state index contributed by atoms with van der Waals surface area (Å²) in [6.07, 6.45) is 2.80. The molecule has 0 aliphatic heterocycles. The first kappa shape index (κ1) is 11.3. The summed E-state index contributed by atoms with van der Waals surface area (Å²) in [7, 11) is 1.47. The Hall–Kier alpha value is -1.77. The van der Waals surface area contributed by atoms with Crippen LogP contribution >= 0.6 is 0 Å². The van der Waals surface area contributed by atoms with Crippen LogP contribution in [0.1, 0.15) is 25.8 Å². The van der Waals surface area contributed by atoms with E-state index < -0.39 is 5.41 Å². The number of aromatic nitrogens is 1. The molecule has 0 amide bonds. The van der Waals surface area contributed by atoms with Crippen molar-refractivity contribution in [1.29, 1.82) is 0 Å². The van der Waals surface area contributed by atoms with Crippen LogP contribution in [0.25, 0.3) is 10.9 Å². The Labute approximate surface area is 106 Å². The van der Waals surface area contributed by atoms with Gasteiger partial charge in [-0.3, -0.25) is 4.79 Å². The van der Waals surface area contributed by atoms with Gasteiger partial charge in [-0.05, 0) is 23.5 Å². The maximum Gasteiger partial charge on any atom is 0.316 e. The van der Waals surface area contributed by atoms with Crippen LogP contribution in [0.2, 0.25) is 0 Å². The molecule has 1 fully saturated rings. The van der Waals surface area contributed by atoms with E-state index in [0.717, 1.165) is 22.9 Å². The Morgan fingerprint density at radius 1 is 1.33 bits per heavy atom. The van der Waals surface area contributed by atoms with Crippen molar-refractivity contribution in [2.24, 2.45) is 5.41 Å². The highest BCUT2D eigenvalue weighted by atomic mass is 16.5. The van der Waals surface area contributed by atoms with Gasteiger partial charge in [0.25, 0.3) is 0 Å². The lowest BCUT2D eigenvalue weighted by Crippen LogP contribution is -2.27. The highest BCUT2D eigenvalue weighted by Gasteiger charge is 2.68. The third-order valence-electron chi connectivity index (χ3n) is 4.32. The van der Waals surface area contributed by atoms with Gasteiger partial charge < -0.3 is 9.72 Å². The van der Waals surface area contributed by atoms with E-state index in [1.807, 2.05) is 24.4 Å². The molecule has 1 unspecified atom stereocenters. The number of para-hydroxylation sites is 1. The van der Waals surface area contributed by atoms with Crippen LogP contribution in [0.15, 0.2) is 30.5 Å². The Balaban J connectivity index is 2.22. The molecule has 0 bridgehead atoms. The summed E-state index contributed by atoms with van der Waals surface area (Å²) in [5.41, 5.74) is 1.61. The van der Waals surface area contributed by atoms with Gasteiger partial charge in [0.15, 0.2) is 0 Å².